The van der Waals surface area contributed by atoms with E-state index in [-0.39, 0.29) is 23.5 Å². The molecule has 0 N–H and O–H groups in total. The van der Waals surface area contributed by atoms with Gasteiger partial charge in [-0.05, 0) is 43.7 Å². The van der Waals surface area contributed by atoms with Crippen LogP contribution in [0.2, 0.25) is 0 Å². The van der Waals surface area contributed by atoms with E-state index >= 15 is 0 Å². The highest BCUT2D eigenvalue weighted by molar-refractivity contribution is 7.91. The molecule has 3 rings (SSSR count). The Morgan fingerprint density at radius 2 is 1.95 bits per heavy atom. The van der Waals surface area contributed by atoms with Crippen molar-refractivity contribution in [2.45, 2.75) is 51.0 Å². The smallest absolute Gasteiger partial charge is 0.263 e. The predicted molar refractivity (Wildman–Crippen MR) is 89.3 cm³/mol. The molecule has 1 aromatic rings. The van der Waals surface area contributed by atoms with Crippen molar-refractivity contribution in [1.29, 1.82) is 0 Å². The average molecular weight is 341 g/mol. The molecule has 1 saturated heterocycles. The summed E-state index contributed by atoms with van der Waals surface area (Å²) in [6.07, 6.45) is 7.68. The Labute approximate surface area is 136 Å². The van der Waals surface area contributed by atoms with E-state index in [1.165, 1.54) is 36.1 Å². The molecule has 1 fully saturated rings. The highest BCUT2D eigenvalue weighted by atomic mass is 32.2. The molecular formula is C16H23NO3S2. The van der Waals surface area contributed by atoms with Gasteiger partial charge in [0, 0.05) is 18.0 Å². The van der Waals surface area contributed by atoms with Gasteiger partial charge < -0.3 is 4.90 Å². The van der Waals surface area contributed by atoms with Crippen molar-refractivity contribution in [2.75, 3.05) is 18.6 Å². The van der Waals surface area contributed by atoms with Gasteiger partial charge in [-0.15, -0.1) is 11.3 Å². The second-order valence-corrected chi connectivity index (χ2v) is 9.81. The largest absolute Gasteiger partial charge is 0.337 e. The third-order valence-corrected chi connectivity index (χ3v) is 7.76. The zero-order valence-corrected chi connectivity index (χ0v) is 14.6. The van der Waals surface area contributed by atoms with Crippen molar-refractivity contribution < 1.29 is 13.2 Å². The Morgan fingerprint density at radius 1 is 1.23 bits per heavy atom. The topological polar surface area (TPSA) is 54.5 Å². The minimum Gasteiger partial charge on any atom is -0.337 e. The van der Waals surface area contributed by atoms with Crippen molar-refractivity contribution in [3.8, 4) is 0 Å². The van der Waals surface area contributed by atoms with Crippen LogP contribution in [-0.2, 0) is 22.7 Å². The van der Waals surface area contributed by atoms with Crippen LogP contribution in [0, 0.1) is 0 Å². The molecule has 1 aliphatic heterocycles. The van der Waals surface area contributed by atoms with Gasteiger partial charge in [0.15, 0.2) is 9.84 Å². The minimum atomic E-state index is -2.96. The number of carbonyl (C=O) groups is 1. The zero-order chi connectivity index (χ0) is 15.7. The lowest BCUT2D eigenvalue weighted by molar-refractivity contribution is 0.0752. The molecule has 2 aliphatic rings. The van der Waals surface area contributed by atoms with Crippen molar-refractivity contribution in [1.82, 2.24) is 4.90 Å². The average Bonchev–Trinajstić information content (AvgIpc) is 3.00. The van der Waals surface area contributed by atoms with Crippen molar-refractivity contribution >= 4 is 27.1 Å². The van der Waals surface area contributed by atoms with E-state index in [1.807, 2.05) is 6.07 Å². The van der Waals surface area contributed by atoms with Crippen molar-refractivity contribution in [3.63, 3.8) is 0 Å². The van der Waals surface area contributed by atoms with Crippen LogP contribution in [0.1, 0.15) is 52.2 Å². The van der Waals surface area contributed by atoms with E-state index < -0.39 is 9.84 Å². The molecule has 0 saturated carbocycles. The summed E-state index contributed by atoms with van der Waals surface area (Å²) in [5.41, 5.74) is 1.33. The molecule has 1 aliphatic carbocycles. The highest BCUT2D eigenvalue weighted by Crippen LogP contribution is 2.30. The molecule has 0 aromatic carbocycles. The lowest BCUT2D eigenvalue weighted by Gasteiger charge is -2.22. The van der Waals surface area contributed by atoms with Gasteiger partial charge >= 0.3 is 0 Å². The maximum absolute atomic E-state index is 12.7. The van der Waals surface area contributed by atoms with Crippen molar-refractivity contribution in [2.24, 2.45) is 0 Å². The van der Waals surface area contributed by atoms with Crippen LogP contribution in [0.25, 0.3) is 0 Å². The van der Waals surface area contributed by atoms with Gasteiger partial charge in [-0.25, -0.2) is 8.42 Å². The molecule has 0 bridgehead atoms. The van der Waals surface area contributed by atoms with Crippen LogP contribution in [0.4, 0.5) is 0 Å². The standard InChI is InChI=1S/C16H23NO3S2/c1-17(13-8-9-22(19,20)11-13)16(18)15-10-12-6-4-2-3-5-7-14(12)21-15/h10,13H,2-9,11H2,1H3/t13-/m0/s1. The molecule has 1 amide bonds. The quantitative estimate of drug-likeness (QED) is 0.831. The van der Waals surface area contributed by atoms with Gasteiger partial charge in [-0.2, -0.15) is 0 Å². The summed E-state index contributed by atoms with van der Waals surface area (Å²) >= 11 is 1.61. The fraction of sp³-hybridized carbons (Fsp3) is 0.688. The Bertz CT molecular complexity index is 637. The maximum Gasteiger partial charge on any atom is 0.263 e. The van der Waals surface area contributed by atoms with Crippen LogP contribution in [-0.4, -0.2) is 43.8 Å². The van der Waals surface area contributed by atoms with Gasteiger partial charge in [0.2, 0.25) is 0 Å². The Kier molecular flexibility index (Phi) is 4.59. The number of hydrogen-bond donors (Lipinski definition) is 0. The van der Waals surface area contributed by atoms with Crippen molar-refractivity contribution in [3.05, 3.63) is 21.4 Å². The summed E-state index contributed by atoms with van der Waals surface area (Å²) in [7, 11) is -1.22. The SMILES string of the molecule is CN(C(=O)c1cc2c(s1)CCCCCC2)[C@H]1CCS(=O)(=O)C1. The molecule has 122 valence electrons. The summed E-state index contributed by atoms with van der Waals surface area (Å²) in [6, 6.07) is 1.88. The van der Waals surface area contributed by atoms with Gasteiger partial charge in [0.05, 0.1) is 16.4 Å². The van der Waals surface area contributed by atoms with Crippen LogP contribution < -0.4 is 0 Å². The van der Waals surface area contributed by atoms with E-state index in [9.17, 15) is 13.2 Å². The summed E-state index contributed by atoms with van der Waals surface area (Å²) in [6.45, 7) is 0. The molecule has 1 aromatic heterocycles. The van der Waals surface area contributed by atoms with Crippen LogP contribution in [0.15, 0.2) is 6.07 Å². The highest BCUT2D eigenvalue weighted by Gasteiger charge is 2.33. The Morgan fingerprint density at radius 3 is 2.64 bits per heavy atom. The second kappa shape index (κ2) is 6.32. The van der Waals surface area contributed by atoms with Gasteiger partial charge in [-0.3, -0.25) is 4.79 Å². The number of aryl methyl sites for hydroxylation is 2. The molecule has 6 heteroatoms. The lowest BCUT2D eigenvalue weighted by atomic mass is 10.00. The van der Waals surface area contributed by atoms with Gasteiger partial charge in [-0.1, -0.05) is 12.8 Å². The van der Waals surface area contributed by atoms with E-state index in [1.54, 1.807) is 23.3 Å². The van der Waals surface area contributed by atoms with Crippen LogP contribution in [0.3, 0.4) is 0 Å². The fourth-order valence-electron chi connectivity index (χ4n) is 3.37. The number of thiophene rings is 1. The number of hydrogen-bond acceptors (Lipinski definition) is 4. The molecule has 4 nitrogen and oxygen atoms in total. The summed E-state index contributed by atoms with van der Waals surface area (Å²) in [5.74, 6) is 0.301. The van der Waals surface area contributed by atoms with E-state index in [0.29, 0.717) is 6.42 Å². The molecule has 22 heavy (non-hydrogen) atoms. The first-order valence-corrected chi connectivity index (χ1v) is 10.7. The number of rotatable bonds is 2. The van der Waals surface area contributed by atoms with Crippen LogP contribution >= 0.6 is 11.3 Å². The molecular weight excluding hydrogens is 318 g/mol. The number of carbonyl (C=O) groups excluding carboxylic acids is 1. The Balaban J connectivity index is 1.76. The molecule has 0 spiro atoms. The maximum atomic E-state index is 12.7. The molecule has 0 unspecified atom stereocenters. The van der Waals surface area contributed by atoms with E-state index in [0.717, 1.165) is 17.7 Å². The summed E-state index contributed by atoms with van der Waals surface area (Å²) in [4.78, 5) is 16.4. The number of nitrogens with zero attached hydrogens (tertiary/aromatic N) is 1. The number of sulfone groups is 1. The first kappa shape index (κ1) is 16.0. The summed E-state index contributed by atoms with van der Waals surface area (Å²) in [5, 5.41) is 0. The van der Waals surface area contributed by atoms with Gasteiger partial charge in [0.1, 0.15) is 0 Å². The third-order valence-electron chi connectivity index (χ3n) is 4.78. The molecule has 0 radical (unpaired) electrons. The van der Waals surface area contributed by atoms with Crippen LogP contribution in [0.5, 0.6) is 0 Å². The fourth-order valence-corrected chi connectivity index (χ4v) is 6.38. The predicted octanol–water partition coefficient (Wildman–Crippen LogP) is 2.67. The first-order valence-electron chi connectivity index (χ1n) is 8.05. The lowest BCUT2D eigenvalue weighted by Crippen LogP contribution is -2.37. The Hall–Kier alpha value is -0.880. The van der Waals surface area contributed by atoms with E-state index in [2.05, 4.69) is 0 Å². The van der Waals surface area contributed by atoms with E-state index in [4.69, 9.17) is 0 Å². The third kappa shape index (κ3) is 3.38. The monoisotopic (exact) mass is 341 g/mol. The zero-order valence-electron chi connectivity index (χ0n) is 13.0. The number of amides is 1. The molecule has 1 atom stereocenters. The first-order chi connectivity index (χ1) is 10.5. The van der Waals surface area contributed by atoms with Gasteiger partial charge in [0.25, 0.3) is 5.91 Å². The summed E-state index contributed by atoms with van der Waals surface area (Å²) < 4.78 is 23.2. The number of fused-ring (bicyclic) bond motifs is 1. The minimum absolute atomic E-state index is 0.0150. The molecule has 2 heterocycles. The second-order valence-electron chi connectivity index (χ2n) is 6.45. The normalized spacial score (nSPS) is 24.3.